The third-order valence-electron chi connectivity index (χ3n) is 6.84. The first-order chi connectivity index (χ1) is 14.0. The minimum absolute atomic E-state index is 0.00794. The Morgan fingerprint density at radius 3 is 2.34 bits per heavy atom. The van der Waals surface area contributed by atoms with E-state index in [4.69, 9.17) is 4.42 Å². The Morgan fingerprint density at radius 2 is 1.76 bits per heavy atom. The molecule has 0 N–H and O–H groups in total. The fourth-order valence-electron chi connectivity index (χ4n) is 5.10. The predicted molar refractivity (Wildman–Crippen MR) is 107 cm³/mol. The zero-order valence-electron chi connectivity index (χ0n) is 17.2. The van der Waals surface area contributed by atoms with Gasteiger partial charge in [0.1, 0.15) is 5.76 Å². The Bertz CT molecular complexity index is 715. The number of likely N-dealkylation sites (tertiary alicyclic amines) is 2. The molecule has 1 saturated carbocycles. The summed E-state index contributed by atoms with van der Waals surface area (Å²) in [5.41, 5.74) is 0. The molecule has 3 heterocycles. The maximum absolute atomic E-state index is 13.2. The van der Waals surface area contributed by atoms with Gasteiger partial charge in [-0.05, 0) is 58.0 Å². The van der Waals surface area contributed by atoms with Gasteiger partial charge in [0.25, 0.3) is 0 Å². The second-order valence-electron chi connectivity index (χ2n) is 8.71. The van der Waals surface area contributed by atoms with Crippen LogP contribution in [0.5, 0.6) is 0 Å². The topological polar surface area (TPSA) is 74.1 Å². The van der Waals surface area contributed by atoms with Crippen LogP contribution in [0.15, 0.2) is 22.8 Å². The molecule has 29 heavy (non-hydrogen) atoms. The number of nitrogens with zero attached hydrogens (tertiary/aromatic N) is 3. The monoisotopic (exact) mass is 401 g/mol. The van der Waals surface area contributed by atoms with Crippen LogP contribution in [0.2, 0.25) is 0 Å². The molecular formula is C22H31N3O4. The third-order valence-corrected chi connectivity index (χ3v) is 6.84. The van der Waals surface area contributed by atoms with E-state index in [1.807, 2.05) is 17.0 Å². The van der Waals surface area contributed by atoms with E-state index in [-0.39, 0.29) is 48.6 Å². The van der Waals surface area contributed by atoms with E-state index in [2.05, 4.69) is 11.9 Å². The quantitative estimate of drug-likeness (QED) is 0.684. The van der Waals surface area contributed by atoms with Crippen molar-refractivity contribution in [1.29, 1.82) is 0 Å². The van der Waals surface area contributed by atoms with Crippen LogP contribution >= 0.6 is 0 Å². The minimum Gasteiger partial charge on any atom is -0.467 e. The molecule has 3 aliphatic rings. The molecule has 3 amide bonds. The molecule has 1 aromatic heterocycles. The lowest BCUT2D eigenvalue weighted by molar-refractivity contribution is -0.141. The lowest BCUT2D eigenvalue weighted by Gasteiger charge is -2.37. The molecule has 158 valence electrons. The fourth-order valence-corrected chi connectivity index (χ4v) is 5.10. The first kappa shape index (κ1) is 20.1. The molecule has 7 nitrogen and oxygen atoms in total. The fraction of sp³-hybridized carbons (Fsp3) is 0.682. The number of furan rings is 1. The van der Waals surface area contributed by atoms with Gasteiger partial charge in [-0.25, -0.2) is 0 Å². The second kappa shape index (κ2) is 8.69. The van der Waals surface area contributed by atoms with Crippen LogP contribution in [0.1, 0.15) is 50.7 Å². The number of carbonyl (C=O) groups excluding carboxylic acids is 3. The van der Waals surface area contributed by atoms with Crippen LogP contribution in [0.4, 0.5) is 0 Å². The number of imide groups is 1. The van der Waals surface area contributed by atoms with Gasteiger partial charge < -0.3 is 14.2 Å². The number of hydrogen-bond donors (Lipinski definition) is 0. The molecule has 2 unspecified atom stereocenters. The summed E-state index contributed by atoms with van der Waals surface area (Å²) in [4.78, 5) is 44.1. The van der Waals surface area contributed by atoms with Gasteiger partial charge >= 0.3 is 0 Å². The Labute approximate surface area is 172 Å². The summed E-state index contributed by atoms with van der Waals surface area (Å²) in [5, 5.41) is 0. The van der Waals surface area contributed by atoms with Crippen molar-refractivity contribution in [1.82, 2.24) is 14.7 Å². The maximum Gasteiger partial charge on any atom is 0.233 e. The van der Waals surface area contributed by atoms with Crippen molar-refractivity contribution in [2.75, 3.05) is 26.7 Å². The Morgan fingerprint density at radius 1 is 1.10 bits per heavy atom. The highest BCUT2D eigenvalue weighted by molar-refractivity contribution is 6.05. The highest BCUT2D eigenvalue weighted by Gasteiger charge is 2.48. The summed E-state index contributed by atoms with van der Waals surface area (Å²) < 4.78 is 5.48. The summed E-state index contributed by atoms with van der Waals surface area (Å²) in [5.74, 6) is 0.315. The molecule has 7 heteroatoms. The van der Waals surface area contributed by atoms with E-state index in [1.54, 1.807) is 6.26 Å². The number of fused-ring (bicyclic) bond motifs is 1. The van der Waals surface area contributed by atoms with Crippen LogP contribution in [-0.2, 0) is 20.9 Å². The number of hydrogen-bond acceptors (Lipinski definition) is 5. The van der Waals surface area contributed by atoms with Crippen LogP contribution < -0.4 is 0 Å². The molecule has 3 fully saturated rings. The van der Waals surface area contributed by atoms with Crippen molar-refractivity contribution in [2.45, 2.75) is 57.5 Å². The highest BCUT2D eigenvalue weighted by Crippen LogP contribution is 2.38. The van der Waals surface area contributed by atoms with Gasteiger partial charge in [0.2, 0.25) is 17.7 Å². The van der Waals surface area contributed by atoms with Crippen molar-refractivity contribution in [3.05, 3.63) is 24.2 Å². The standard InChI is InChI=1S/C22H31N3O4/c1-23-11-8-16(9-12-23)25(15-17-5-4-14-29-17)20(26)10-13-24-21(27)18-6-2-3-7-19(18)22(24)28/h4-5,14,16,18-19H,2-3,6-13,15H2,1H3. The molecule has 0 bridgehead atoms. The zero-order chi connectivity index (χ0) is 20.4. The van der Waals surface area contributed by atoms with Gasteiger partial charge in [-0.1, -0.05) is 12.8 Å². The normalized spacial score (nSPS) is 26.0. The SMILES string of the molecule is CN1CCC(N(Cc2ccco2)C(=O)CCN2C(=O)C3CCCCC3C2=O)CC1. The number of amides is 3. The molecule has 0 aromatic carbocycles. The first-order valence-corrected chi connectivity index (χ1v) is 10.9. The van der Waals surface area contributed by atoms with E-state index < -0.39 is 0 Å². The number of rotatable bonds is 6. The van der Waals surface area contributed by atoms with Gasteiger partial charge in [-0.15, -0.1) is 0 Å². The van der Waals surface area contributed by atoms with Crippen LogP contribution in [0.25, 0.3) is 0 Å². The van der Waals surface area contributed by atoms with Crippen LogP contribution in [0.3, 0.4) is 0 Å². The third kappa shape index (κ3) is 4.25. The van der Waals surface area contributed by atoms with Crippen molar-refractivity contribution in [2.24, 2.45) is 11.8 Å². The average molecular weight is 402 g/mol. The smallest absolute Gasteiger partial charge is 0.233 e. The molecule has 0 radical (unpaired) electrons. The maximum atomic E-state index is 13.2. The Balaban J connectivity index is 1.41. The molecule has 4 rings (SSSR count). The predicted octanol–water partition coefficient (Wildman–Crippen LogP) is 2.27. The van der Waals surface area contributed by atoms with Gasteiger partial charge in [-0.3, -0.25) is 19.3 Å². The molecule has 2 saturated heterocycles. The summed E-state index contributed by atoms with van der Waals surface area (Å²) in [6, 6.07) is 3.87. The van der Waals surface area contributed by atoms with Gasteiger partial charge in [0, 0.05) is 19.0 Å². The van der Waals surface area contributed by atoms with E-state index >= 15 is 0 Å². The van der Waals surface area contributed by atoms with E-state index in [9.17, 15) is 14.4 Å². The molecule has 0 spiro atoms. The van der Waals surface area contributed by atoms with E-state index in [0.717, 1.165) is 57.4 Å². The van der Waals surface area contributed by atoms with Crippen molar-refractivity contribution < 1.29 is 18.8 Å². The van der Waals surface area contributed by atoms with Crippen LogP contribution in [-0.4, -0.2) is 65.1 Å². The zero-order valence-corrected chi connectivity index (χ0v) is 17.2. The summed E-state index contributed by atoms with van der Waals surface area (Å²) in [7, 11) is 2.10. The van der Waals surface area contributed by atoms with Crippen molar-refractivity contribution in [3.63, 3.8) is 0 Å². The highest BCUT2D eigenvalue weighted by atomic mass is 16.3. The van der Waals surface area contributed by atoms with Gasteiger partial charge in [0.15, 0.2) is 0 Å². The number of carbonyl (C=O) groups is 3. The Kier molecular flexibility index (Phi) is 6.04. The lowest BCUT2D eigenvalue weighted by Crippen LogP contribution is -2.47. The molecule has 1 aromatic rings. The molecule has 2 aliphatic heterocycles. The molecular weight excluding hydrogens is 370 g/mol. The Hall–Kier alpha value is -2.15. The summed E-state index contributed by atoms with van der Waals surface area (Å²) in [6.07, 6.45) is 7.29. The van der Waals surface area contributed by atoms with Crippen molar-refractivity contribution >= 4 is 17.7 Å². The average Bonchev–Trinajstić information content (AvgIpc) is 3.33. The summed E-state index contributed by atoms with van der Waals surface area (Å²) >= 11 is 0. The minimum atomic E-state index is -0.153. The lowest BCUT2D eigenvalue weighted by atomic mass is 9.81. The van der Waals surface area contributed by atoms with Crippen LogP contribution in [0, 0.1) is 11.8 Å². The number of piperidine rings is 1. The summed E-state index contributed by atoms with van der Waals surface area (Å²) in [6.45, 7) is 2.55. The first-order valence-electron chi connectivity index (χ1n) is 10.9. The molecule has 2 atom stereocenters. The van der Waals surface area contributed by atoms with E-state index in [0.29, 0.717) is 6.54 Å². The largest absolute Gasteiger partial charge is 0.467 e. The van der Waals surface area contributed by atoms with Crippen molar-refractivity contribution in [3.8, 4) is 0 Å². The second-order valence-corrected chi connectivity index (χ2v) is 8.71. The van der Waals surface area contributed by atoms with Gasteiger partial charge in [0.05, 0.1) is 24.6 Å². The van der Waals surface area contributed by atoms with Gasteiger partial charge in [-0.2, -0.15) is 0 Å². The molecule has 1 aliphatic carbocycles. The van der Waals surface area contributed by atoms with E-state index in [1.165, 1.54) is 4.90 Å².